The average molecular weight is 331 g/mol. The van der Waals surface area contributed by atoms with Crippen LogP contribution < -0.4 is 10.2 Å². The summed E-state index contributed by atoms with van der Waals surface area (Å²) >= 11 is 6.10. The molecule has 1 amide bonds. The van der Waals surface area contributed by atoms with Crippen LogP contribution in [0.3, 0.4) is 0 Å². The molecular formula is C17H19ClN4O. The molecule has 1 fully saturated rings. The number of rotatable bonds is 3. The highest BCUT2D eigenvalue weighted by Crippen LogP contribution is 2.24. The molecule has 120 valence electrons. The summed E-state index contributed by atoms with van der Waals surface area (Å²) in [5, 5.41) is 3.50. The molecule has 1 aliphatic rings. The standard InChI is InChI=1S/C17H19ClN4O/c1-11-13(18)6-5-7-14(11)21-17(23)15-10-16(20-12(2)19-15)22-8-3-4-9-22/h5-7,10H,3-4,8-9H2,1-2H3,(H,21,23). The van der Waals surface area contributed by atoms with Crippen molar-refractivity contribution in [1.82, 2.24) is 9.97 Å². The van der Waals surface area contributed by atoms with Crippen LogP contribution in [-0.2, 0) is 0 Å². The van der Waals surface area contributed by atoms with Gasteiger partial charge in [-0.3, -0.25) is 4.79 Å². The van der Waals surface area contributed by atoms with Gasteiger partial charge in [-0.2, -0.15) is 0 Å². The second-order valence-electron chi connectivity index (χ2n) is 5.72. The van der Waals surface area contributed by atoms with E-state index in [9.17, 15) is 4.79 Å². The molecule has 1 N–H and O–H groups in total. The number of anilines is 2. The molecule has 0 atom stereocenters. The second kappa shape index (κ2) is 6.54. The fourth-order valence-corrected chi connectivity index (χ4v) is 2.88. The van der Waals surface area contributed by atoms with Gasteiger partial charge in [-0.25, -0.2) is 9.97 Å². The summed E-state index contributed by atoms with van der Waals surface area (Å²) in [5.41, 5.74) is 1.91. The van der Waals surface area contributed by atoms with Gasteiger partial charge in [-0.05, 0) is 44.4 Å². The fraction of sp³-hybridized carbons (Fsp3) is 0.353. The summed E-state index contributed by atoms with van der Waals surface area (Å²) in [5.74, 6) is 1.17. The van der Waals surface area contributed by atoms with E-state index in [2.05, 4.69) is 20.2 Å². The molecule has 0 saturated carbocycles. The molecule has 1 saturated heterocycles. The first-order valence-corrected chi connectivity index (χ1v) is 8.09. The Labute approximate surface area is 140 Å². The van der Waals surface area contributed by atoms with Crippen molar-refractivity contribution in [2.24, 2.45) is 0 Å². The lowest BCUT2D eigenvalue weighted by atomic mass is 10.2. The Morgan fingerprint density at radius 3 is 2.70 bits per heavy atom. The maximum absolute atomic E-state index is 12.5. The first-order valence-electron chi connectivity index (χ1n) is 7.71. The Kier molecular flexibility index (Phi) is 4.48. The van der Waals surface area contributed by atoms with Crippen LogP contribution in [0.1, 0.15) is 34.7 Å². The molecule has 0 unspecified atom stereocenters. The minimum absolute atomic E-state index is 0.249. The molecule has 0 spiro atoms. The van der Waals surface area contributed by atoms with Gasteiger partial charge < -0.3 is 10.2 Å². The van der Waals surface area contributed by atoms with E-state index in [1.54, 1.807) is 19.1 Å². The molecular weight excluding hydrogens is 312 g/mol. The fourth-order valence-electron chi connectivity index (χ4n) is 2.71. The molecule has 0 aliphatic carbocycles. The molecule has 0 bridgehead atoms. The third-order valence-corrected chi connectivity index (χ3v) is 4.41. The molecule has 3 rings (SSSR count). The summed E-state index contributed by atoms with van der Waals surface area (Å²) < 4.78 is 0. The van der Waals surface area contributed by atoms with Crippen LogP contribution in [0.25, 0.3) is 0 Å². The number of hydrogen-bond donors (Lipinski definition) is 1. The van der Waals surface area contributed by atoms with Crippen molar-refractivity contribution in [1.29, 1.82) is 0 Å². The Bertz CT molecular complexity index is 741. The predicted octanol–water partition coefficient (Wildman–Crippen LogP) is 3.60. The van der Waals surface area contributed by atoms with E-state index in [1.807, 2.05) is 19.1 Å². The molecule has 1 aromatic heterocycles. The summed E-state index contributed by atoms with van der Waals surface area (Å²) in [6.07, 6.45) is 2.32. The van der Waals surface area contributed by atoms with Crippen LogP contribution in [0, 0.1) is 13.8 Å². The number of benzene rings is 1. The first-order chi connectivity index (χ1) is 11.0. The number of amides is 1. The van der Waals surface area contributed by atoms with Crippen LogP contribution in [0.5, 0.6) is 0 Å². The normalized spacial score (nSPS) is 14.1. The average Bonchev–Trinajstić information content (AvgIpc) is 3.05. The smallest absolute Gasteiger partial charge is 0.274 e. The zero-order chi connectivity index (χ0) is 16.4. The van der Waals surface area contributed by atoms with Gasteiger partial charge in [0.05, 0.1) is 0 Å². The Morgan fingerprint density at radius 1 is 1.22 bits per heavy atom. The molecule has 5 nitrogen and oxygen atoms in total. The second-order valence-corrected chi connectivity index (χ2v) is 6.13. The number of hydrogen-bond acceptors (Lipinski definition) is 4. The SMILES string of the molecule is Cc1nc(C(=O)Nc2cccc(Cl)c2C)cc(N2CCCC2)n1. The number of nitrogens with one attached hydrogen (secondary N) is 1. The van der Waals surface area contributed by atoms with Crippen molar-refractivity contribution in [3.8, 4) is 0 Å². The summed E-state index contributed by atoms with van der Waals surface area (Å²) in [4.78, 5) is 23.4. The maximum atomic E-state index is 12.5. The van der Waals surface area contributed by atoms with E-state index in [0.29, 0.717) is 22.2 Å². The van der Waals surface area contributed by atoms with E-state index in [-0.39, 0.29) is 5.91 Å². The number of carbonyl (C=O) groups excluding carboxylic acids is 1. The van der Waals surface area contributed by atoms with Crippen molar-refractivity contribution in [2.45, 2.75) is 26.7 Å². The molecule has 2 heterocycles. The van der Waals surface area contributed by atoms with Crippen LogP contribution in [-0.4, -0.2) is 29.0 Å². The highest BCUT2D eigenvalue weighted by molar-refractivity contribution is 6.31. The highest BCUT2D eigenvalue weighted by atomic mass is 35.5. The van der Waals surface area contributed by atoms with Gasteiger partial charge in [0, 0.05) is 29.9 Å². The lowest BCUT2D eigenvalue weighted by Crippen LogP contribution is -2.22. The minimum atomic E-state index is -0.249. The Morgan fingerprint density at radius 2 is 1.96 bits per heavy atom. The third kappa shape index (κ3) is 3.45. The van der Waals surface area contributed by atoms with E-state index < -0.39 is 0 Å². The van der Waals surface area contributed by atoms with E-state index in [1.165, 1.54) is 0 Å². The van der Waals surface area contributed by atoms with Crippen molar-refractivity contribution in [3.63, 3.8) is 0 Å². The van der Waals surface area contributed by atoms with Crippen LogP contribution >= 0.6 is 11.6 Å². The van der Waals surface area contributed by atoms with Crippen LogP contribution in [0.2, 0.25) is 5.02 Å². The molecule has 2 aromatic rings. The largest absolute Gasteiger partial charge is 0.356 e. The number of nitrogens with zero attached hydrogens (tertiary/aromatic N) is 3. The molecule has 6 heteroatoms. The van der Waals surface area contributed by atoms with Gasteiger partial charge >= 0.3 is 0 Å². The van der Waals surface area contributed by atoms with Gasteiger partial charge in [-0.1, -0.05) is 17.7 Å². The quantitative estimate of drug-likeness (QED) is 0.934. The van der Waals surface area contributed by atoms with Gasteiger partial charge in [0.2, 0.25) is 0 Å². The lowest BCUT2D eigenvalue weighted by Gasteiger charge is -2.17. The minimum Gasteiger partial charge on any atom is -0.356 e. The molecule has 1 aliphatic heterocycles. The molecule has 1 aromatic carbocycles. The summed E-state index contributed by atoms with van der Waals surface area (Å²) in [7, 11) is 0. The lowest BCUT2D eigenvalue weighted by molar-refractivity contribution is 0.102. The zero-order valence-electron chi connectivity index (χ0n) is 13.3. The van der Waals surface area contributed by atoms with Gasteiger partial charge in [0.25, 0.3) is 5.91 Å². The number of halogens is 1. The van der Waals surface area contributed by atoms with Crippen molar-refractivity contribution < 1.29 is 4.79 Å². The molecule has 0 radical (unpaired) electrons. The zero-order valence-corrected chi connectivity index (χ0v) is 14.0. The number of carbonyl (C=O) groups is 1. The van der Waals surface area contributed by atoms with Gasteiger partial charge in [0.15, 0.2) is 0 Å². The first kappa shape index (κ1) is 15.7. The van der Waals surface area contributed by atoms with E-state index in [0.717, 1.165) is 37.3 Å². The Hall–Kier alpha value is -2.14. The van der Waals surface area contributed by atoms with Crippen LogP contribution in [0.4, 0.5) is 11.5 Å². The third-order valence-electron chi connectivity index (χ3n) is 4.00. The topological polar surface area (TPSA) is 58.1 Å². The summed E-state index contributed by atoms with van der Waals surface area (Å²) in [6, 6.07) is 7.20. The predicted molar refractivity (Wildman–Crippen MR) is 92.4 cm³/mol. The maximum Gasteiger partial charge on any atom is 0.274 e. The van der Waals surface area contributed by atoms with E-state index >= 15 is 0 Å². The van der Waals surface area contributed by atoms with Crippen molar-refractivity contribution in [2.75, 3.05) is 23.3 Å². The number of aromatic nitrogens is 2. The Balaban J connectivity index is 1.85. The van der Waals surface area contributed by atoms with Crippen LogP contribution in [0.15, 0.2) is 24.3 Å². The number of aryl methyl sites for hydroxylation is 1. The highest BCUT2D eigenvalue weighted by Gasteiger charge is 2.18. The monoisotopic (exact) mass is 330 g/mol. The van der Waals surface area contributed by atoms with E-state index in [4.69, 9.17) is 11.6 Å². The van der Waals surface area contributed by atoms with Gasteiger partial charge in [0.1, 0.15) is 17.3 Å². The van der Waals surface area contributed by atoms with Gasteiger partial charge in [-0.15, -0.1) is 0 Å². The van der Waals surface area contributed by atoms with Crippen molar-refractivity contribution in [3.05, 3.63) is 46.4 Å². The van der Waals surface area contributed by atoms with Crippen molar-refractivity contribution >= 4 is 29.0 Å². The molecule has 23 heavy (non-hydrogen) atoms. The summed E-state index contributed by atoms with van der Waals surface area (Å²) in [6.45, 7) is 5.63.